The van der Waals surface area contributed by atoms with Crippen LogP contribution >= 0.6 is 27.5 Å². The van der Waals surface area contributed by atoms with Crippen molar-refractivity contribution in [2.75, 3.05) is 0 Å². The van der Waals surface area contributed by atoms with E-state index < -0.39 is 0 Å². The fourth-order valence-electron chi connectivity index (χ4n) is 1.97. The van der Waals surface area contributed by atoms with Crippen LogP contribution in [0.25, 0.3) is 0 Å². The molecule has 0 aliphatic rings. The number of benzene rings is 2. The van der Waals surface area contributed by atoms with Gasteiger partial charge in [-0.2, -0.15) is 0 Å². The lowest BCUT2D eigenvalue weighted by atomic mass is 10.0. The van der Waals surface area contributed by atoms with Gasteiger partial charge in [0.15, 0.2) is 0 Å². The molecule has 1 unspecified atom stereocenters. The van der Waals surface area contributed by atoms with Crippen LogP contribution in [0.1, 0.15) is 30.4 Å². The van der Waals surface area contributed by atoms with Crippen LogP contribution in [0.2, 0.25) is 0 Å². The van der Waals surface area contributed by atoms with Gasteiger partial charge in [0.1, 0.15) is 5.75 Å². The predicted octanol–water partition coefficient (Wildman–Crippen LogP) is 5.76. The van der Waals surface area contributed by atoms with Crippen molar-refractivity contribution in [1.29, 1.82) is 0 Å². The van der Waals surface area contributed by atoms with E-state index in [0.717, 1.165) is 22.2 Å². The smallest absolute Gasteiger partial charge is 0.119 e. The van der Waals surface area contributed by atoms with E-state index in [1.54, 1.807) is 0 Å². The molecule has 106 valence electrons. The van der Waals surface area contributed by atoms with Crippen LogP contribution in [0.5, 0.6) is 5.75 Å². The first-order chi connectivity index (χ1) is 9.54. The second-order valence-corrected chi connectivity index (χ2v) is 6.48. The molecule has 0 heterocycles. The average molecular weight is 354 g/mol. The Morgan fingerprint density at radius 1 is 1.00 bits per heavy atom. The number of halogens is 2. The van der Waals surface area contributed by atoms with Crippen molar-refractivity contribution in [2.45, 2.75) is 31.7 Å². The summed E-state index contributed by atoms with van der Waals surface area (Å²) >= 11 is 9.92. The lowest BCUT2D eigenvalue weighted by Crippen LogP contribution is -2.05. The van der Waals surface area contributed by atoms with Gasteiger partial charge in [0.2, 0.25) is 0 Å². The van der Waals surface area contributed by atoms with E-state index >= 15 is 0 Å². The van der Waals surface area contributed by atoms with E-state index in [1.165, 1.54) is 5.56 Å². The van der Waals surface area contributed by atoms with Crippen molar-refractivity contribution in [2.24, 2.45) is 0 Å². The largest absolute Gasteiger partial charge is 0.491 e. The molecule has 0 saturated heterocycles. The number of hydrogen-bond acceptors (Lipinski definition) is 1. The summed E-state index contributed by atoms with van der Waals surface area (Å²) in [5.41, 5.74) is 2.35. The molecule has 1 nitrogen and oxygen atoms in total. The van der Waals surface area contributed by atoms with E-state index in [1.807, 2.05) is 50.2 Å². The predicted molar refractivity (Wildman–Crippen MR) is 88.6 cm³/mol. The molecule has 0 aliphatic heterocycles. The Morgan fingerprint density at radius 2 is 1.60 bits per heavy atom. The van der Waals surface area contributed by atoms with Gasteiger partial charge in [-0.3, -0.25) is 0 Å². The first-order valence-corrected chi connectivity index (χ1v) is 7.92. The molecule has 0 aromatic heterocycles. The minimum absolute atomic E-state index is 0.0238. The molecular formula is C17H18BrClO. The van der Waals surface area contributed by atoms with E-state index in [-0.39, 0.29) is 11.5 Å². The van der Waals surface area contributed by atoms with Crippen LogP contribution in [0.3, 0.4) is 0 Å². The highest BCUT2D eigenvalue weighted by atomic mass is 79.9. The Bertz CT molecular complexity index is 534. The van der Waals surface area contributed by atoms with Crippen molar-refractivity contribution in [1.82, 2.24) is 0 Å². The Labute approximate surface area is 134 Å². The first kappa shape index (κ1) is 15.4. The van der Waals surface area contributed by atoms with E-state index in [9.17, 15) is 0 Å². The third kappa shape index (κ3) is 4.53. The summed E-state index contributed by atoms with van der Waals surface area (Å²) in [6.45, 7) is 4.04. The molecule has 2 aromatic carbocycles. The van der Waals surface area contributed by atoms with Gasteiger partial charge >= 0.3 is 0 Å². The van der Waals surface area contributed by atoms with Crippen LogP contribution in [0.15, 0.2) is 53.0 Å². The van der Waals surface area contributed by atoms with E-state index in [4.69, 9.17) is 16.3 Å². The summed E-state index contributed by atoms with van der Waals surface area (Å²) in [5, 5.41) is -0.0238. The Hall–Kier alpha value is -0.990. The highest BCUT2D eigenvalue weighted by molar-refractivity contribution is 9.10. The number of hydrogen-bond donors (Lipinski definition) is 0. The second-order valence-electron chi connectivity index (χ2n) is 5.03. The van der Waals surface area contributed by atoms with Gasteiger partial charge in [0.05, 0.1) is 11.5 Å². The maximum absolute atomic E-state index is 6.49. The van der Waals surface area contributed by atoms with Crippen LogP contribution in [-0.4, -0.2) is 6.10 Å². The molecule has 2 rings (SSSR count). The zero-order valence-electron chi connectivity index (χ0n) is 11.6. The van der Waals surface area contributed by atoms with Gasteiger partial charge in [0.25, 0.3) is 0 Å². The third-order valence-electron chi connectivity index (χ3n) is 2.94. The fourth-order valence-corrected chi connectivity index (χ4v) is 2.56. The maximum Gasteiger partial charge on any atom is 0.119 e. The van der Waals surface area contributed by atoms with Crippen molar-refractivity contribution in [3.63, 3.8) is 0 Å². The topological polar surface area (TPSA) is 9.23 Å². The van der Waals surface area contributed by atoms with Crippen molar-refractivity contribution in [3.05, 3.63) is 64.1 Å². The van der Waals surface area contributed by atoms with Gasteiger partial charge in [-0.1, -0.05) is 40.2 Å². The lowest BCUT2D eigenvalue weighted by molar-refractivity contribution is 0.242. The summed E-state index contributed by atoms with van der Waals surface area (Å²) in [5.74, 6) is 0.885. The molecule has 0 fully saturated rings. The molecule has 0 aliphatic carbocycles. The Kier molecular flexibility index (Phi) is 5.50. The Morgan fingerprint density at radius 3 is 2.15 bits per heavy atom. The molecule has 0 amide bonds. The van der Waals surface area contributed by atoms with Gasteiger partial charge in [0, 0.05) is 4.47 Å². The van der Waals surface area contributed by atoms with Crippen molar-refractivity contribution < 1.29 is 4.74 Å². The molecular weight excluding hydrogens is 336 g/mol. The molecule has 0 N–H and O–H groups in total. The molecule has 0 saturated carbocycles. The highest BCUT2D eigenvalue weighted by Gasteiger charge is 2.09. The van der Waals surface area contributed by atoms with Crippen LogP contribution in [0.4, 0.5) is 0 Å². The SMILES string of the molecule is CC(C)Oc1ccc(C(Cl)Cc2ccc(Br)cc2)cc1. The quantitative estimate of drug-likeness (QED) is 0.621. The van der Waals surface area contributed by atoms with Crippen LogP contribution in [-0.2, 0) is 6.42 Å². The second kappa shape index (κ2) is 7.14. The molecule has 0 spiro atoms. The number of ether oxygens (including phenoxy) is 1. The van der Waals surface area contributed by atoms with Gasteiger partial charge < -0.3 is 4.74 Å². The van der Waals surface area contributed by atoms with Gasteiger partial charge in [-0.25, -0.2) is 0 Å². The maximum atomic E-state index is 6.49. The van der Waals surface area contributed by atoms with E-state index in [0.29, 0.717) is 0 Å². The highest BCUT2D eigenvalue weighted by Crippen LogP contribution is 2.27. The minimum Gasteiger partial charge on any atom is -0.491 e. The lowest BCUT2D eigenvalue weighted by Gasteiger charge is -2.13. The zero-order valence-corrected chi connectivity index (χ0v) is 14.0. The fraction of sp³-hybridized carbons (Fsp3) is 0.294. The monoisotopic (exact) mass is 352 g/mol. The molecule has 3 heteroatoms. The standard InChI is InChI=1S/C17H18BrClO/c1-12(2)20-16-9-5-14(6-10-16)17(19)11-13-3-7-15(18)8-4-13/h3-10,12,17H,11H2,1-2H3. The summed E-state index contributed by atoms with van der Waals surface area (Å²) in [7, 11) is 0. The van der Waals surface area contributed by atoms with Crippen LogP contribution in [0, 0.1) is 0 Å². The van der Waals surface area contributed by atoms with Gasteiger partial charge in [-0.15, -0.1) is 11.6 Å². The third-order valence-corrected chi connectivity index (χ3v) is 3.88. The van der Waals surface area contributed by atoms with Crippen molar-refractivity contribution in [3.8, 4) is 5.75 Å². The summed E-state index contributed by atoms with van der Waals surface area (Å²) in [6.07, 6.45) is 1.01. The minimum atomic E-state index is -0.0238. The summed E-state index contributed by atoms with van der Waals surface area (Å²) in [4.78, 5) is 0. The summed E-state index contributed by atoms with van der Waals surface area (Å²) in [6, 6.07) is 16.3. The zero-order chi connectivity index (χ0) is 14.5. The average Bonchev–Trinajstić information content (AvgIpc) is 2.41. The number of rotatable bonds is 5. The Balaban J connectivity index is 2.01. The first-order valence-electron chi connectivity index (χ1n) is 6.69. The summed E-state index contributed by atoms with van der Waals surface area (Å²) < 4.78 is 6.72. The van der Waals surface area contributed by atoms with Crippen LogP contribution < -0.4 is 4.74 Å². The molecule has 20 heavy (non-hydrogen) atoms. The van der Waals surface area contributed by atoms with Crippen molar-refractivity contribution >= 4 is 27.5 Å². The molecule has 0 bridgehead atoms. The molecule has 2 aromatic rings. The molecule has 0 radical (unpaired) electrons. The number of alkyl halides is 1. The normalized spacial score (nSPS) is 12.4. The van der Waals surface area contributed by atoms with E-state index in [2.05, 4.69) is 28.1 Å². The molecule has 1 atom stereocenters. The van der Waals surface area contributed by atoms with Gasteiger partial charge in [-0.05, 0) is 55.7 Å².